The maximum Gasteiger partial charge on any atom is 0.141 e. The van der Waals surface area contributed by atoms with E-state index in [-0.39, 0.29) is 5.54 Å². The van der Waals surface area contributed by atoms with Gasteiger partial charge in [-0.1, -0.05) is 0 Å². The number of hydrogen-bond donors (Lipinski definition) is 1. The fourth-order valence-electron chi connectivity index (χ4n) is 2.37. The molecule has 4 nitrogen and oxygen atoms in total. The summed E-state index contributed by atoms with van der Waals surface area (Å²) in [5.41, 5.74) is 0.0987. The molecule has 0 unspecified atom stereocenters. The zero-order chi connectivity index (χ0) is 11.9. The predicted molar refractivity (Wildman–Crippen MR) is 71.7 cm³/mol. The van der Waals surface area contributed by atoms with Crippen LogP contribution in [0.5, 0.6) is 0 Å². The molecule has 0 aliphatic carbocycles. The maximum atomic E-state index is 4.49. The summed E-state index contributed by atoms with van der Waals surface area (Å²) < 4.78 is 0. The molecule has 0 bridgehead atoms. The minimum atomic E-state index is 0.0987. The van der Waals surface area contributed by atoms with Gasteiger partial charge in [-0.25, -0.2) is 9.97 Å². The average molecular weight is 248 g/mol. The molecular formula is C12H16N4S. The molecule has 0 amide bonds. The van der Waals surface area contributed by atoms with Crippen molar-refractivity contribution in [2.75, 3.05) is 24.5 Å². The van der Waals surface area contributed by atoms with Gasteiger partial charge in [-0.2, -0.15) is 0 Å². The van der Waals surface area contributed by atoms with Crippen molar-refractivity contribution in [2.45, 2.75) is 19.4 Å². The van der Waals surface area contributed by atoms with Gasteiger partial charge in [0.05, 0.1) is 5.39 Å². The van der Waals surface area contributed by atoms with E-state index in [1.54, 1.807) is 17.7 Å². The SMILES string of the molecule is CC1(C)CNCCN1c1ncnc2sccc12. The van der Waals surface area contributed by atoms with Crippen LogP contribution in [0.4, 0.5) is 5.82 Å². The van der Waals surface area contributed by atoms with Crippen molar-refractivity contribution >= 4 is 27.4 Å². The van der Waals surface area contributed by atoms with E-state index in [0.717, 1.165) is 30.3 Å². The van der Waals surface area contributed by atoms with Crippen LogP contribution in [-0.4, -0.2) is 35.1 Å². The van der Waals surface area contributed by atoms with Crippen LogP contribution >= 0.6 is 11.3 Å². The van der Waals surface area contributed by atoms with Crippen LogP contribution in [0.15, 0.2) is 17.8 Å². The lowest BCUT2D eigenvalue weighted by atomic mass is 10.00. The van der Waals surface area contributed by atoms with Crippen LogP contribution < -0.4 is 10.2 Å². The van der Waals surface area contributed by atoms with Crippen LogP contribution in [0.25, 0.3) is 10.2 Å². The predicted octanol–water partition coefficient (Wildman–Crippen LogP) is 1.88. The molecule has 90 valence electrons. The first kappa shape index (κ1) is 10.9. The van der Waals surface area contributed by atoms with Crippen LogP contribution in [0, 0.1) is 0 Å². The first-order valence-corrected chi connectivity index (χ1v) is 6.73. The summed E-state index contributed by atoms with van der Waals surface area (Å²) in [4.78, 5) is 12.3. The third kappa shape index (κ3) is 1.79. The number of rotatable bonds is 1. The molecule has 1 aliphatic heterocycles. The summed E-state index contributed by atoms with van der Waals surface area (Å²) in [7, 11) is 0. The fourth-order valence-corrected chi connectivity index (χ4v) is 3.10. The highest BCUT2D eigenvalue weighted by atomic mass is 32.1. The van der Waals surface area contributed by atoms with Crippen LogP contribution in [-0.2, 0) is 0 Å². The first-order chi connectivity index (χ1) is 8.18. The smallest absolute Gasteiger partial charge is 0.141 e. The Kier molecular flexibility index (Phi) is 2.52. The van der Waals surface area contributed by atoms with E-state index in [1.165, 1.54) is 5.39 Å². The quantitative estimate of drug-likeness (QED) is 0.836. The second-order valence-electron chi connectivity index (χ2n) is 4.98. The first-order valence-electron chi connectivity index (χ1n) is 5.85. The number of piperazine rings is 1. The minimum Gasteiger partial charge on any atom is -0.348 e. The molecular weight excluding hydrogens is 232 g/mol. The number of nitrogens with one attached hydrogen (secondary N) is 1. The molecule has 0 spiro atoms. The molecule has 17 heavy (non-hydrogen) atoms. The summed E-state index contributed by atoms with van der Waals surface area (Å²) in [5, 5.41) is 6.69. The number of aromatic nitrogens is 2. The minimum absolute atomic E-state index is 0.0987. The standard InChI is InChI=1S/C12H16N4S/c1-12(2)7-13-4-5-16(12)10-9-3-6-17-11(9)15-8-14-10/h3,6,8,13H,4-5,7H2,1-2H3. The van der Waals surface area contributed by atoms with Gasteiger partial charge in [0.25, 0.3) is 0 Å². The number of thiophene rings is 1. The van der Waals surface area contributed by atoms with Crippen LogP contribution in [0.3, 0.4) is 0 Å². The van der Waals surface area contributed by atoms with Gasteiger partial charge in [0.2, 0.25) is 0 Å². The number of anilines is 1. The van der Waals surface area contributed by atoms with Crippen molar-refractivity contribution in [3.05, 3.63) is 17.8 Å². The zero-order valence-corrected chi connectivity index (χ0v) is 10.9. The molecule has 5 heteroatoms. The lowest BCUT2D eigenvalue weighted by Gasteiger charge is -2.43. The molecule has 0 atom stereocenters. The third-order valence-corrected chi connectivity index (χ3v) is 4.12. The topological polar surface area (TPSA) is 41.0 Å². The van der Waals surface area contributed by atoms with E-state index in [0.29, 0.717) is 0 Å². The van der Waals surface area contributed by atoms with E-state index in [1.807, 2.05) is 0 Å². The van der Waals surface area contributed by atoms with Crippen molar-refractivity contribution in [3.8, 4) is 0 Å². The van der Waals surface area contributed by atoms with E-state index in [2.05, 4.69) is 45.5 Å². The Bertz CT molecular complexity index is 534. The Labute approximate surface area is 105 Å². The normalized spacial score (nSPS) is 19.8. The maximum absolute atomic E-state index is 4.49. The lowest BCUT2D eigenvalue weighted by Crippen LogP contribution is -2.58. The Morgan fingerprint density at radius 3 is 3.12 bits per heavy atom. The number of hydrogen-bond acceptors (Lipinski definition) is 5. The molecule has 0 radical (unpaired) electrons. The summed E-state index contributed by atoms with van der Waals surface area (Å²) in [5.74, 6) is 1.07. The zero-order valence-electron chi connectivity index (χ0n) is 10.1. The molecule has 2 aromatic heterocycles. The molecule has 1 N–H and O–H groups in total. The second-order valence-corrected chi connectivity index (χ2v) is 5.87. The van der Waals surface area contributed by atoms with Gasteiger partial charge >= 0.3 is 0 Å². The molecule has 0 saturated carbocycles. The van der Waals surface area contributed by atoms with Gasteiger partial charge in [0.15, 0.2) is 0 Å². The van der Waals surface area contributed by atoms with Crippen LogP contribution in [0.1, 0.15) is 13.8 Å². The molecule has 3 heterocycles. The van der Waals surface area contributed by atoms with Crippen molar-refractivity contribution < 1.29 is 0 Å². The monoisotopic (exact) mass is 248 g/mol. The summed E-state index contributed by atoms with van der Waals surface area (Å²) in [6.45, 7) is 7.50. The molecule has 3 rings (SSSR count). The van der Waals surface area contributed by atoms with E-state index < -0.39 is 0 Å². The number of nitrogens with zero attached hydrogens (tertiary/aromatic N) is 3. The average Bonchev–Trinajstić information content (AvgIpc) is 2.76. The van der Waals surface area contributed by atoms with E-state index >= 15 is 0 Å². The van der Waals surface area contributed by atoms with Crippen LogP contribution in [0.2, 0.25) is 0 Å². The molecule has 2 aromatic rings. The third-order valence-electron chi connectivity index (χ3n) is 3.30. The van der Waals surface area contributed by atoms with Gasteiger partial charge in [0, 0.05) is 25.2 Å². The van der Waals surface area contributed by atoms with Crippen molar-refractivity contribution in [2.24, 2.45) is 0 Å². The lowest BCUT2D eigenvalue weighted by molar-refractivity contribution is 0.378. The van der Waals surface area contributed by atoms with Crippen molar-refractivity contribution in [1.82, 2.24) is 15.3 Å². The Hall–Kier alpha value is -1.20. The molecule has 1 saturated heterocycles. The van der Waals surface area contributed by atoms with Gasteiger partial charge in [-0.05, 0) is 25.3 Å². The van der Waals surface area contributed by atoms with Gasteiger partial charge in [0.1, 0.15) is 17.0 Å². The van der Waals surface area contributed by atoms with Gasteiger partial charge in [-0.3, -0.25) is 0 Å². The van der Waals surface area contributed by atoms with Crippen molar-refractivity contribution in [3.63, 3.8) is 0 Å². The second kappa shape index (κ2) is 3.92. The Balaban J connectivity index is 2.11. The summed E-state index contributed by atoms with van der Waals surface area (Å²) >= 11 is 1.67. The largest absolute Gasteiger partial charge is 0.348 e. The summed E-state index contributed by atoms with van der Waals surface area (Å²) in [6, 6.07) is 2.12. The molecule has 1 fully saturated rings. The molecule has 0 aromatic carbocycles. The van der Waals surface area contributed by atoms with Crippen molar-refractivity contribution in [1.29, 1.82) is 0 Å². The van der Waals surface area contributed by atoms with E-state index in [4.69, 9.17) is 0 Å². The highest BCUT2D eigenvalue weighted by molar-refractivity contribution is 7.16. The van der Waals surface area contributed by atoms with Gasteiger partial charge < -0.3 is 10.2 Å². The highest BCUT2D eigenvalue weighted by Crippen LogP contribution is 2.31. The number of fused-ring (bicyclic) bond motifs is 1. The Morgan fingerprint density at radius 1 is 1.41 bits per heavy atom. The van der Waals surface area contributed by atoms with Gasteiger partial charge in [-0.15, -0.1) is 11.3 Å². The highest BCUT2D eigenvalue weighted by Gasteiger charge is 2.31. The van der Waals surface area contributed by atoms with E-state index in [9.17, 15) is 0 Å². The summed E-state index contributed by atoms with van der Waals surface area (Å²) in [6.07, 6.45) is 1.67. The molecule has 1 aliphatic rings. The Morgan fingerprint density at radius 2 is 2.29 bits per heavy atom. The fraction of sp³-hybridized carbons (Fsp3) is 0.500.